The second-order valence-corrected chi connectivity index (χ2v) is 3.01. The van der Waals surface area contributed by atoms with Crippen LogP contribution >= 0.6 is 11.6 Å². The highest BCUT2D eigenvalue weighted by Gasteiger charge is 1.95. The number of nitrogens with zero attached hydrogens (tertiary/aromatic N) is 4. The fourth-order valence-electron chi connectivity index (χ4n) is 1.01. The molecule has 2 aromatic heterocycles. The fraction of sp³-hybridized carbons (Fsp3) is 0.125. The van der Waals surface area contributed by atoms with Gasteiger partial charge < -0.3 is 4.57 Å². The van der Waals surface area contributed by atoms with Crippen LogP contribution in [0.25, 0.3) is 0 Å². The van der Waals surface area contributed by atoms with Crippen LogP contribution in [0.3, 0.4) is 0 Å². The van der Waals surface area contributed by atoms with Gasteiger partial charge in [-0.15, -0.1) is 10.2 Å². The lowest BCUT2D eigenvalue weighted by Crippen LogP contribution is -1.96. The van der Waals surface area contributed by atoms with Gasteiger partial charge in [0.2, 0.25) is 0 Å². The summed E-state index contributed by atoms with van der Waals surface area (Å²) in [4.78, 5) is 3.97. The first-order chi connectivity index (χ1) is 6.34. The molecule has 0 aromatic carbocycles. The molecule has 0 spiro atoms. The molecule has 4 nitrogen and oxygen atoms in total. The highest BCUT2D eigenvalue weighted by Crippen LogP contribution is 2.06. The van der Waals surface area contributed by atoms with Crippen molar-refractivity contribution in [1.29, 1.82) is 0 Å². The van der Waals surface area contributed by atoms with Gasteiger partial charge in [0.1, 0.15) is 17.8 Å². The Morgan fingerprint density at radius 1 is 1.23 bits per heavy atom. The van der Waals surface area contributed by atoms with Gasteiger partial charge in [0.25, 0.3) is 0 Å². The smallest absolute Gasteiger partial charge is 0.129 e. The van der Waals surface area contributed by atoms with Crippen LogP contribution in [0.1, 0.15) is 5.56 Å². The monoisotopic (exact) mass is 194 g/mol. The molecule has 0 radical (unpaired) electrons. The predicted molar refractivity (Wildman–Crippen MR) is 48.4 cm³/mol. The van der Waals surface area contributed by atoms with Crippen molar-refractivity contribution in [2.75, 3.05) is 0 Å². The molecule has 0 saturated heterocycles. The van der Waals surface area contributed by atoms with Crippen molar-refractivity contribution in [3.05, 3.63) is 41.7 Å². The van der Waals surface area contributed by atoms with Crippen LogP contribution in [-0.2, 0) is 6.54 Å². The molecule has 0 aliphatic rings. The van der Waals surface area contributed by atoms with Gasteiger partial charge in [-0.05, 0) is 11.6 Å². The summed E-state index contributed by atoms with van der Waals surface area (Å²) in [5, 5.41) is 7.91. The highest BCUT2D eigenvalue weighted by molar-refractivity contribution is 6.29. The van der Waals surface area contributed by atoms with Crippen molar-refractivity contribution in [2.45, 2.75) is 6.54 Å². The summed E-state index contributed by atoms with van der Waals surface area (Å²) in [6.07, 6.45) is 5.06. The van der Waals surface area contributed by atoms with E-state index in [2.05, 4.69) is 15.2 Å². The highest BCUT2D eigenvalue weighted by atomic mass is 35.5. The van der Waals surface area contributed by atoms with E-state index in [4.69, 9.17) is 11.6 Å². The summed E-state index contributed by atoms with van der Waals surface area (Å²) in [5.74, 6) is 0. The standard InChI is InChI=1S/C8H7ClN4/c9-8-2-1-7(3-10-8)4-13-5-11-12-6-13/h1-3,5-6H,4H2. The van der Waals surface area contributed by atoms with Crippen molar-refractivity contribution < 1.29 is 0 Å². The maximum absolute atomic E-state index is 5.65. The average molecular weight is 195 g/mol. The number of hydrogen-bond donors (Lipinski definition) is 0. The van der Waals surface area contributed by atoms with Crippen LogP contribution in [-0.4, -0.2) is 19.7 Å². The summed E-state index contributed by atoms with van der Waals surface area (Å²) in [6, 6.07) is 3.69. The maximum atomic E-state index is 5.65. The van der Waals surface area contributed by atoms with Gasteiger partial charge in [-0.2, -0.15) is 0 Å². The minimum Gasteiger partial charge on any atom is -0.316 e. The summed E-state index contributed by atoms with van der Waals surface area (Å²) >= 11 is 5.65. The second-order valence-electron chi connectivity index (χ2n) is 2.62. The van der Waals surface area contributed by atoms with E-state index >= 15 is 0 Å². The molecular weight excluding hydrogens is 188 g/mol. The van der Waals surface area contributed by atoms with E-state index in [0.29, 0.717) is 5.15 Å². The van der Waals surface area contributed by atoms with E-state index in [1.807, 2.05) is 10.6 Å². The zero-order valence-electron chi connectivity index (χ0n) is 6.76. The first kappa shape index (κ1) is 8.19. The lowest BCUT2D eigenvalue weighted by Gasteiger charge is -1.99. The van der Waals surface area contributed by atoms with Gasteiger partial charge in [0, 0.05) is 6.20 Å². The molecule has 0 bridgehead atoms. The largest absolute Gasteiger partial charge is 0.316 e. The first-order valence-electron chi connectivity index (χ1n) is 3.77. The zero-order chi connectivity index (χ0) is 9.10. The van der Waals surface area contributed by atoms with Crippen LogP contribution in [0, 0.1) is 0 Å². The van der Waals surface area contributed by atoms with E-state index in [1.165, 1.54) is 0 Å². The minimum atomic E-state index is 0.507. The molecule has 0 unspecified atom stereocenters. The molecule has 0 atom stereocenters. The predicted octanol–water partition coefficient (Wildman–Crippen LogP) is 1.37. The van der Waals surface area contributed by atoms with E-state index in [1.54, 1.807) is 24.9 Å². The molecule has 0 aliphatic heterocycles. The van der Waals surface area contributed by atoms with Crippen LogP contribution < -0.4 is 0 Å². The number of halogens is 1. The molecule has 2 aromatic rings. The molecular formula is C8H7ClN4. The number of pyridine rings is 1. The normalized spacial score (nSPS) is 10.2. The number of aromatic nitrogens is 4. The Labute approximate surface area is 80.2 Å². The van der Waals surface area contributed by atoms with E-state index in [-0.39, 0.29) is 0 Å². The molecule has 0 N–H and O–H groups in total. The van der Waals surface area contributed by atoms with Gasteiger partial charge in [0.05, 0.1) is 6.54 Å². The third kappa shape index (κ3) is 2.03. The van der Waals surface area contributed by atoms with Crippen molar-refractivity contribution >= 4 is 11.6 Å². The zero-order valence-corrected chi connectivity index (χ0v) is 7.52. The topological polar surface area (TPSA) is 43.6 Å². The molecule has 2 heterocycles. The van der Waals surface area contributed by atoms with Crippen molar-refractivity contribution in [3.8, 4) is 0 Å². The van der Waals surface area contributed by atoms with Crippen molar-refractivity contribution in [1.82, 2.24) is 19.7 Å². The van der Waals surface area contributed by atoms with Gasteiger partial charge in [-0.3, -0.25) is 0 Å². The summed E-state index contributed by atoms with van der Waals surface area (Å²) in [6.45, 7) is 0.719. The molecule has 13 heavy (non-hydrogen) atoms. The third-order valence-corrected chi connectivity index (χ3v) is 1.84. The summed E-state index contributed by atoms with van der Waals surface area (Å²) in [5.41, 5.74) is 1.07. The summed E-state index contributed by atoms with van der Waals surface area (Å²) < 4.78 is 1.87. The van der Waals surface area contributed by atoms with Crippen LogP contribution in [0.2, 0.25) is 5.15 Å². The van der Waals surface area contributed by atoms with Gasteiger partial charge in [-0.1, -0.05) is 17.7 Å². The first-order valence-corrected chi connectivity index (χ1v) is 4.15. The Morgan fingerprint density at radius 2 is 2.00 bits per heavy atom. The Balaban J connectivity index is 2.15. The molecule has 66 valence electrons. The van der Waals surface area contributed by atoms with Crippen molar-refractivity contribution in [2.24, 2.45) is 0 Å². The van der Waals surface area contributed by atoms with Crippen LogP contribution in [0.5, 0.6) is 0 Å². The Hall–Kier alpha value is -1.42. The number of hydrogen-bond acceptors (Lipinski definition) is 3. The lowest BCUT2D eigenvalue weighted by molar-refractivity contribution is 0.790. The minimum absolute atomic E-state index is 0.507. The molecule has 0 fully saturated rings. The second kappa shape index (κ2) is 3.53. The quantitative estimate of drug-likeness (QED) is 0.679. The molecule has 2 rings (SSSR count). The molecule has 5 heteroatoms. The van der Waals surface area contributed by atoms with E-state index < -0.39 is 0 Å². The Bertz CT molecular complexity index is 368. The molecule has 0 aliphatic carbocycles. The molecule has 0 amide bonds. The van der Waals surface area contributed by atoms with Crippen LogP contribution in [0.15, 0.2) is 31.0 Å². The third-order valence-electron chi connectivity index (χ3n) is 1.62. The Kier molecular flexibility index (Phi) is 2.23. The fourth-order valence-corrected chi connectivity index (χ4v) is 1.13. The Morgan fingerprint density at radius 3 is 2.62 bits per heavy atom. The molecule has 0 saturated carbocycles. The van der Waals surface area contributed by atoms with E-state index in [0.717, 1.165) is 12.1 Å². The van der Waals surface area contributed by atoms with E-state index in [9.17, 15) is 0 Å². The van der Waals surface area contributed by atoms with Gasteiger partial charge in [0.15, 0.2) is 0 Å². The lowest BCUT2D eigenvalue weighted by atomic mass is 10.3. The van der Waals surface area contributed by atoms with Crippen molar-refractivity contribution in [3.63, 3.8) is 0 Å². The van der Waals surface area contributed by atoms with Crippen LogP contribution in [0.4, 0.5) is 0 Å². The van der Waals surface area contributed by atoms with Gasteiger partial charge >= 0.3 is 0 Å². The average Bonchev–Trinajstić information content (AvgIpc) is 2.62. The maximum Gasteiger partial charge on any atom is 0.129 e. The summed E-state index contributed by atoms with van der Waals surface area (Å²) in [7, 11) is 0. The SMILES string of the molecule is Clc1ccc(Cn2cnnc2)cn1. The number of rotatable bonds is 2. The van der Waals surface area contributed by atoms with Gasteiger partial charge in [-0.25, -0.2) is 4.98 Å².